The molecule has 3 aromatic carbocycles. The fourth-order valence-corrected chi connectivity index (χ4v) is 3.95. The van der Waals surface area contributed by atoms with Crippen molar-refractivity contribution in [3.8, 4) is 0 Å². The number of hydrogen-bond acceptors (Lipinski definition) is 3. The summed E-state index contributed by atoms with van der Waals surface area (Å²) in [5, 5.41) is 0. The highest BCUT2D eigenvalue weighted by molar-refractivity contribution is 7.92. The van der Waals surface area contributed by atoms with Gasteiger partial charge >= 0.3 is 0 Å². The fourth-order valence-electron chi connectivity index (χ4n) is 3.06. The number of sulfonamides is 1. The van der Waals surface area contributed by atoms with E-state index in [2.05, 4.69) is 0 Å². The van der Waals surface area contributed by atoms with Crippen molar-refractivity contribution >= 4 is 21.6 Å². The number of carbonyl (C=O) groups is 1. The van der Waals surface area contributed by atoms with Crippen LogP contribution in [0.25, 0.3) is 0 Å². The van der Waals surface area contributed by atoms with Gasteiger partial charge in [0.2, 0.25) is 10.0 Å². The molecule has 0 saturated carbocycles. The van der Waals surface area contributed by atoms with Crippen LogP contribution in [0.2, 0.25) is 0 Å². The molecule has 0 aliphatic carbocycles. The Morgan fingerprint density at radius 3 is 1.83 bits per heavy atom. The van der Waals surface area contributed by atoms with Gasteiger partial charge in [-0.3, -0.25) is 9.10 Å². The standard InChI is InChI=1S/C23H24N2O3S/c1-24(17-19-9-5-3-6-10-19)23(26)21-15-13-20(14-16-21)18-25(29(2,27)28)22-11-7-4-8-12-22/h3-16H,17-18H2,1-2H3. The molecule has 1 amide bonds. The Bertz CT molecular complexity index is 1050. The molecule has 29 heavy (non-hydrogen) atoms. The van der Waals surface area contributed by atoms with Gasteiger partial charge in [0.15, 0.2) is 0 Å². The largest absolute Gasteiger partial charge is 0.337 e. The van der Waals surface area contributed by atoms with Crippen LogP contribution in [0.4, 0.5) is 5.69 Å². The first-order chi connectivity index (χ1) is 13.8. The Labute approximate surface area is 172 Å². The quantitative estimate of drug-likeness (QED) is 0.595. The molecule has 5 nitrogen and oxygen atoms in total. The van der Waals surface area contributed by atoms with Crippen LogP contribution in [0.5, 0.6) is 0 Å². The van der Waals surface area contributed by atoms with Gasteiger partial charge in [0, 0.05) is 19.2 Å². The van der Waals surface area contributed by atoms with Crippen molar-refractivity contribution in [3.63, 3.8) is 0 Å². The zero-order chi connectivity index (χ0) is 20.9. The highest BCUT2D eigenvalue weighted by Gasteiger charge is 2.18. The Balaban J connectivity index is 1.73. The predicted molar refractivity (Wildman–Crippen MR) is 116 cm³/mol. The Kier molecular flexibility index (Phi) is 6.34. The predicted octanol–water partition coefficient (Wildman–Crippen LogP) is 3.93. The van der Waals surface area contributed by atoms with E-state index in [0.717, 1.165) is 11.1 Å². The molecular formula is C23H24N2O3S. The third kappa shape index (κ3) is 5.45. The minimum absolute atomic E-state index is 0.0802. The van der Waals surface area contributed by atoms with Crippen LogP contribution in [0, 0.1) is 0 Å². The third-order valence-electron chi connectivity index (χ3n) is 4.58. The monoisotopic (exact) mass is 408 g/mol. The van der Waals surface area contributed by atoms with Gasteiger partial charge in [0.05, 0.1) is 18.5 Å². The second-order valence-electron chi connectivity index (χ2n) is 6.95. The molecule has 0 atom stereocenters. The smallest absolute Gasteiger partial charge is 0.253 e. The number of amides is 1. The second-order valence-corrected chi connectivity index (χ2v) is 8.86. The number of para-hydroxylation sites is 1. The molecule has 0 heterocycles. The number of anilines is 1. The SMILES string of the molecule is CN(Cc1ccccc1)C(=O)c1ccc(CN(c2ccccc2)S(C)(=O)=O)cc1. The van der Waals surface area contributed by atoms with E-state index in [4.69, 9.17) is 0 Å². The first-order valence-corrected chi connectivity index (χ1v) is 11.1. The van der Waals surface area contributed by atoms with Crippen LogP contribution < -0.4 is 4.31 Å². The summed E-state index contributed by atoms with van der Waals surface area (Å²) in [6, 6.07) is 25.9. The molecule has 0 fully saturated rings. The Morgan fingerprint density at radius 1 is 0.759 bits per heavy atom. The first-order valence-electron chi connectivity index (χ1n) is 9.26. The minimum Gasteiger partial charge on any atom is -0.337 e. The molecule has 3 rings (SSSR count). The lowest BCUT2D eigenvalue weighted by molar-refractivity contribution is 0.0785. The van der Waals surface area contributed by atoms with Gasteiger partial charge in [-0.15, -0.1) is 0 Å². The van der Waals surface area contributed by atoms with Gasteiger partial charge in [-0.2, -0.15) is 0 Å². The maximum absolute atomic E-state index is 12.7. The number of carbonyl (C=O) groups excluding carboxylic acids is 1. The average molecular weight is 409 g/mol. The molecule has 0 unspecified atom stereocenters. The van der Waals surface area contributed by atoms with E-state index in [1.54, 1.807) is 60.5 Å². The summed E-state index contributed by atoms with van der Waals surface area (Å²) < 4.78 is 25.8. The van der Waals surface area contributed by atoms with Gasteiger partial charge in [-0.25, -0.2) is 8.42 Å². The summed E-state index contributed by atoms with van der Waals surface area (Å²) in [5.41, 5.74) is 3.05. The van der Waals surface area contributed by atoms with E-state index in [-0.39, 0.29) is 12.5 Å². The number of rotatable bonds is 7. The maximum atomic E-state index is 12.7. The molecule has 6 heteroatoms. The van der Waals surface area contributed by atoms with E-state index < -0.39 is 10.0 Å². The Hall–Kier alpha value is -3.12. The lowest BCUT2D eigenvalue weighted by atomic mass is 10.1. The van der Waals surface area contributed by atoms with Gasteiger partial charge in [-0.05, 0) is 35.4 Å². The molecule has 0 bridgehead atoms. The topological polar surface area (TPSA) is 57.7 Å². The molecule has 0 N–H and O–H groups in total. The van der Waals surface area contributed by atoms with Crippen LogP contribution in [-0.2, 0) is 23.1 Å². The van der Waals surface area contributed by atoms with E-state index in [0.29, 0.717) is 17.8 Å². The minimum atomic E-state index is -3.43. The molecule has 0 radical (unpaired) electrons. The third-order valence-corrected chi connectivity index (χ3v) is 5.72. The summed E-state index contributed by atoms with van der Waals surface area (Å²) in [7, 11) is -1.66. The van der Waals surface area contributed by atoms with Gasteiger partial charge < -0.3 is 4.90 Å². The lowest BCUT2D eigenvalue weighted by Crippen LogP contribution is -2.29. The van der Waals surface area contributed by atoms with E-state index in [1.165, 1.54) is 10.6 Å². The number of benzene rings is 3. The van der Waals surface area contributed by atoms with Crippen molar-refractivity contribution in [3.05, 3.63) is 102 Å². The summed E-state index contributed by atoms with van der Waals surface area (Å²) in [4.78, 5) is 14.3. The average Bonchev–Trinajstić information content (AvgIpc) is 2.72. The normalized spacial score (nSPS) is 11.1. The van der Waals surface area contributed by atoms with Gasteiger partial charge in [0.1, 0.15) is 0 Å². The summed E-state index contributed by atoms with van der Waals surface area (Å²) in [6.45, 7) is 0.731. The van der Waals surface area contributed by atoms with E-state index in [9.17, 15) is 13.2 Å². The molecule has 0 saturated heterocycles. The highest BCUT2D eigenvalue weighted by Crippen LogP contribution is 2.20. The summed E-state index contributed by atoms with van der Waals surface area (Å²) >= 11 is 0. The molecule has 0 aliphatic heterocycles. The summed E-state index contributed by atoms with van der Waals surface area (Å²) in [5.74, 6) is -0.0802. The van der Waals surface area contributed by atoms with Crippen molar-refractivity contribution in [2.75, 3.05) is 17.6 Å². The van der Waals surface area contributed by atoms with Crippen LogP contribution in [0.3, 0.4) is 0 Å². The van der Waals surface area contributed by atoms with Crippen LogP contribution >= 0.6 is 0 Å². The van der Waals surface area contributed by atoms with Crippen molar-refractivity contribution in [1.29, 1.82) is 0 Å². The van der Waals surface area contributed by atoms with Crippen LogP contribution in [0.15, 0.2) is 84.9 Å². The van der Waals surface area contributed by atoms with E-state index >= 15 is 0 Å². The fraction of sp³-hybridized carbons (Fsp3) is 0.174. The molecule has 150 valence electrons. The van der Waals surface area contributed by atoms with Crippen molar-refractivity contribution < 1.29 is 13.2 Å². The molecule has 0 aromatic heterocycles. The number of hydrogen-bond donors (Lipinski definition) is 0. The molecule has 3 aromatic rings. The van der Waals surface area contributed by atoms with Crippen molar-refractivity contribution in [2.45, 2.75) is 13.1 Å². The zero-order valence-corrected chi connectivity index (χ0v) is 17.3. The summed E-state index contributed by atoms with van der Waals surface area (Å²) in [6.07, 6.45) is 1.19. The molecule has 0 aliphatic rings. The zero-order valence-electron chi connectivity index (χ0n) is 16.5. The molecule has 0 spiro atoms. The lowest BCUT2D eigenvalue weighted by Gasteiger charge is -2.23. The van der Waals surface area contributed by atoms with Gasteiger partial charge in [-0.1, -0.05) is 60.7 Å². The van der Waals surface area contributed by atoms with Crippen LogP contribution in [-0.4, -0.2) is 32.5 Å². The van der Waals surface area contributed by atoms with Crippen LogP contribution in [0.1, 0.15) is 21.5 Å². The maximum Gasteiger partial charge on any atom is 0.253 e. The highest BCUT2D eigenvalue weighted by atomic mass is 32.2. The van der Waals surface area contributed by atoms with Crippen molar-refractivity contribution in [2.24, 2.45) is 0 Å². The first kappa shape index (κ1) is 20.6. The Morgan fingerprint density at radius 2 is 1.28 bits per heavy atom. The van der Waals surface area contributed by atoms with Gasteiger partial charge in [0.25, 0.3) is 5.91 Å². The van der Waals surface area contributed by atoms with E-state index in [1.807, 2.05) is 36.4 Å². The number of nitrogens with zero attached hydrogens (tertiary/aromatic N) is 2. The van der Waals surface area contributed by atoms with Crippen molar-refractivity contribution in [1.82, 2.24) is 4.90 Å². The second kappa shape index (κ2) is 8.92. The molecular weight excluding hydrogens is 384 g/mol.